The number of ether oxygens (including phenoxy) is 1. The fourth-order valence-corrected chi connectivity index (χ4v) is 1.27. The highest BCUT2D eigenvalue weighted by atomic mass is 16.5. The highest BCUT2D eigenvalue weighted by molar-refractivity contribution is 5.76. The van der Waals surface area contributed by atoms with Crippen LogP contribution in [0.5, 0.6) is 0 Å². The molecule has 0 radical (unpaired) electrons. The summed E-state index contributed by atoms with van der Waals surface area (Å²) in [5.74, 6) is -0.165. The Morgan fingerprint density at radius 1 is 1.36 bits per heavy atom. The van der Waals surface area contributed by atoms with Crippen molar-refractivity contribution in [2.24, 2.45) is 0 Å². The van der Waals surface area contributed by atoms with E-state index in [0.717, 1.165) is 13.1 Å². The molecule has 0 aliphatic carbocycles. The van der Waals surface area contributed by atoms with Gasteiger partial charge in [0.05, 0.1) is 6.61 Å². The molecule has 0 aliphatic heterocycles. The molecule has 1 unspecified atom stereocenters. The number of hydrogen-bond donors (Lipinski definition) is 1. The summed E-state index contributed by atoms with van der Waals surface area (Å²) < 4.78 is 4.96. The molecule has 0 fully saturated rings. The van der Waals surface area contributed by atoms with Gasteiger partial charge in [-0.25, -0.2) is 0 Å². The normalized spacial score (nSPS) is 12.9. The average molecular weight is 202 g/mol. The Balaban J connectivity index is 4.05. The second-order valence-electron chi connectivity index (χ2n) is 3.08. The van der Waals surface area contributed by atoms with Gasteiger partial charge in [-0.05, 0) is 27.1 Å². The van der Waals surface area contributed by atoms with E-state index in [2.05, 4.69) is 24.1 Å². The summed E-state index contributed by atoms with van der Waals surface area (Å²) in [6, 6.07) is -0.213. The third kappa shape index (κ3) is 4.58. The second-order valence-corrected chi connectivity index (χ2v) is 3.08. The van der Waals surface area contributed by atoms with E-state index in [4.69, 9.17) is 4.74 Å². The number of likely N-dealkylation sites (N-methyl/N-ethyl adjacent to an activating group) is 2. The van der Waals surface area contributed by atoms with Gasteiger partial charge in [0.25, 0.3) is 0 Å². The monoisotopic (exact) mass is 202 g/mol. The van der Waals surface area contributed by atoms with Gasteiger partial charge in [-0.2, -0.15) is 0 Å². The third-order valence-electron chi connectivity index (χ3n) is 2.25. The highest BCUT2D eigenvalue weighted by Gasteiger charge is 2.19. The van der Waals surface area contributed by atoms with Crippen molar-refractivity contribution in [3.63, 3.8) is 0 Å². The topological polar surface area (TPSA) is 41.6 Å². The van der Waals surface area contributed by atoms with Crippen LogP contribution in [-0.2, 0) is 9.53 Å². The van der Waals surface area contributed by atoms with Crippen LogP contribution < -0.4 is 5.32 Å². The van der Waals surface area contributed by atoms with Gasteiger partial charge in [0.1, 0.15) is 6.04 Å². The van der Waals surface area contributed by atoms with Crippen LogP contribution in [0, 0.1) is 0 Å². The lowest BCUT2D eigenvalue weighted by Gasteiger charge is -2.23. The van der Waals surface area contributed by atoms with Crippen molar-refractivity contribution < 1.29 is 9.53 Å². The number of carbonyl (C=O) groups is 1. The zero-order valence-electron chi connectivity index (χ0n) is 9.67. The van der Waals surface area contributed by atoms with Gasteiger partial charge in [-0.3, -0.25) is 4.79 Å². The molecule has 0 aliphatic rings. The Labute approximate surface area is 86.6 Å². The van der Waals surface area contributed by atoms with Gasteiger partial charge < -0.3 is 15.0 Å². The zero-order valence-corrected chi connectivity index (χ0v) is 9.67. The molecule has 84 valence electrons. The second kappa shape index (κ2) is 7.76. The molecule has 0 heterocycles. The number of esters is 1. The molecule has 0 saturated carbocycles. The molecule has 0 aromatic heterocycles. The summed E-state index contributed by atoms with van der Waals surface area (Å²) >= 11 is 0. The van der Waals surface area contributed by atoms with Crippen molar-refractivity contribution >= 4 is 5.97 Å². The maximum atomic E-state index is 11.4. The van der Waals surface area contributed by atoms with E-state index in [1.54, 1.807) is 7.05 Å². The lowest BCUT2D eigenvalue weighted by atomic mass is 10.2. The molecule has 0 spiro atoms. The smallest absolute Gasteiger partial charge is 0.324 e. The minimum atomic E-state index is -0.213. The van der Waals surface area contributed by atoms with Crippen molar-refractivity contribution in [3.05, 3.63) is 0 Å². The largest absolute Gasteiger partial charge is 0.465 e. The highest BCUT2D eigenvalue weighted by Crippen LogP contribution is 1.95. The van der Waals surface area contributed by atoms with Crippen LogP contribution in [0.3, 0.4) is 0 Å². The van der Waals surface area contributed by atoms with Crippen molar-refractivity contribution in [2.45, 2.75) is 26.8 Å². The third-order valence-corrected chi connectivity index (χ3v) is 2.25. The Morgan fingerprint density at radius 3 is 2.29 bits per heavy atom. The molecule has 1 N–H and O–H groups in total. The first-order valence-corrected chi connectivity index (χ1v) is 5.25. The molecule has 0 saturated heterocycles. The van der Waals surface area contributed by atoms with Crippen molar-refractivity contribution in [1.82, 2.24) is 10.2 Å². The van der Waals surface area contributed by atoms with Crippen LogP contribution >= 0.6 is 0 Å². The minimum absolute atomic E-state index is 0.165. The first-order valence-electron chi connectivity index (χ1n) is 5.25. The Morgan fingerprint density at radius 2 is 1.93 bits per heavy atom. The summed E-state index contributed by atoms with van der Waals surface area (Å²) in [4.78, 5) is 13.6. The van der Waals surface area contributed by atoms with Gasteiger partial charge >= 0.3 is 5.97 Å². The fourth-order valence-electron chi connectivity index (χ4n) is 1.27. The molecule has 0 amide bonds. The van der Waals surface area contributed by atoms with Crippen LogP contribution in [0.15, 0.2) is 0 Å². The van der Waals surface area contributed by atoms with E-state index < -0.39 is 0 Å². The summed E-state index contributed by atoms with van der Waals surface area (Å²) in [5, 5.41) is 2.97. The Hall–Kier alpha value is -0.610. The molecule has 1 atom stereocenters. The van der Waals surface area contributed by atoms with Gasteiger partial charge in [-0.1, -0.05) is 13.8 Å². The molecular formula is C10H22N2O2. The Bertz CT molecular complexity index is 158. The average Bonchev–Trinajstić information content (AvgIpc) is 2.20. The molecule has 0 aromatic carbocycles. The molecule has 4 nitrogen and oxygen atoms in total. The molecule has 0 aromatic rings. The van der Waals surface area contributed by atoms with Gasteiger partial charge in [0, 0.05) is 6.54 Å². The first kappa shape index (κ1) is 13.4. The van der Waals surface area contributed by atoms with Crippen LogP contribution in [0.4, 0.5) is 0 Å². The van der Waals surface area contributed by atoms with E-state index in [9.17, 15) is 4.79 Å². The van der Waals surface area contributed by atoms with E-state index in [1.165, 1.54) is 0 Å². The lowest BCUT2D eigenvalue weighted by Crippen LogP contribution is -2.45. The lowest BCUT2D eigenvalue weighted by molar-refractivity contribution is -0.146. The summed E-state index contributed by atoms with van der Waals surface area (Å²) in [6.07, 6.45) is 0. The SMILES string of the molecule is CCOC(=O)C(CN(CC)CC)NC. The predicted octanol–water partition coefficient (Wildman–Crippen LogP) is 0.479. The number of rotatable bonds is 7. The van der Waals surface area contributed by atoms with Gasteiger partial charge in [0.15, 0.2) is 0 Å². The number of carbonyl (C=O) groups excluding carboxylic acids is 1. The van der Waals surface area contributed by atoms with Crippen molar-refractivity contribution in [3.8, 4) is 0 Å². The van der Waals surface area contributed by atoms with E-state index in [0.29, 0.717) is 13.2 Å². The predicted molar refractivity (Wildman–Crippen MR) is 57.3 cm³/mol. The maximum Gasteiger partial charge on any atom is 0.324 e. The van der Waals surface area contributed by atoms with Crippen molar-refractivity contribution in [1.29, 1.82) is 0 Å². The number of nitrogens with zero attached hydrogens (tertiary/aromatic N) is 1. The van der Waals surface area contributed by atoms with Gasteiger partial charge in [-0.15, -0.1) is 0 Å². The molecule has 0 bridgehead atoms. The standard InChI is InChI=1S/C10H22N2O2/c1-5-12(6-2)8-9(11-4)10(13)14-7-3/h9,11H,5-8H2,1-4H3. The quantitative estimate of drug-likeness (QED) is 0.610. The molecule has 0 rings (SSSR count). The summed E-state index contributed by atoms with van der Waals surface area (Å²) in [6.45, 7) is 9.05. The van der Waals surface area contributed by atoms with Crippen LogP contribution in [0.25, 0.3) is 0 Å². The van der Waals surface area contributed by atoms with E-state index in [-0.39, 0.29) is 12.0 Å². The van der Waals surface area contributed by atoms with Crippen molar-refractivity contribution in [2.75, 3.05) is 33.3 Å². The maximum absolute atomic E-state index is 11.4. The van der Waals surface area contributed by atoms with Crippen LogP contribution in [0.2, 0.25) is 0 Å². The Kier molecular flexibility index (Phi) is 7.42. The molecule has 4 heteroatoms. The molecule has 14 heavy (non-hydrogen) atoms. The summed E-state index contributed by atoms with van der Waals surface area (Å²) in [5.41, 5.74) is 0. The van der Waals surface area contributed by atoms with Crippen LogP contribution in [0.1, 0.15) is 20.8 Å². The molecular weight excluding hydrogens is 180 g/mol. The van der Waals surface area contributed by atoms with E-state index >= 15 is 0 Å². The van der Waals surface area contributed by atoms with Crippen LogP contribution in [-0.4, -0.2) is 50.2 Å². The van der Waals surface area contributed by atoms with E-state index in [1.807, 2.05) is 6.92 Å². The number of hydrogen-bond acceptors (Lipinski definition) is 4. The number of nitrogens with one attached hydrogen (secondary N) is 1. The first-order chi connectivity index (χ1) is 6.69. The zero-order chi connectivity index (χ0) is 11.0. The summed E-state index contributed by atoms with van der Waals surface area (Å²) in [7, 11) is 1.78. The fraction of sp³-hybridized carbons (Fsp3) is 0.900. The minimum Gasteiger partial charge on any atom is -0.465 e. The van der Waals surface area contributed by atoms with Gasteiger partial charge in [0.2, 0.25) is 0 Å².